The van der Waals surface area contributed by atoms with Crippen LogP contribution in [-0.2, 0) is 14.8 Å². The van der Waals surface area contributed by atoms with E-state index < -0.39 is 10.0 Å². The van der Waals surface area contributed by atoms with Gasteiger partial charge < -0.3 is 5.32 Å². The molecule has 0 heterocycles. The van der Waals surface area contributed by atoms with Crippen LogP contribution in [0.2, 0.25) is 0 Å². The zero-order valence-electron chi connectivity index (χ0n) is 12.1. The Balaban J connectivity index is 2.53. The molecular formula is C14H22N2O3S. The quantitative estimate of drug-likeness (QED) is 0.802. The summed E-state index contributed by atoms with van der Waals surface area (Å²) in [5, 5.41) is 2.79. The molecule has 1 aromatic carbocycles. The highest BCUT2D eigenvalue weighted by atomic mass is 32.2. The Hall–Kier alpha value is -1.40. The average molecular weight is 298 g/mol. The van der Waals surface area contributed by atoms with Crippen LogP contribution in [0.4, 0.5) is 0 Å². The number of aryl methyl sites for hydroxylation is 1. The van der Waals surface area contributed by atoms with E-state index in [9.17, 15) is 13.2 Å². The highest BCUT2D eigenvalue weighted by molar-refractivity contribution is 7.89. The summed E-state index contributed by atoms with van der Waals surface area (Å²) in [6.45, 7) is 5.73. The highest BCUT2D eigenvalue weighted by Gasteiger charge is 2.16. The summed E-state index contributed by atoms with van der Waals surface area (Å²) < 4.78 is 26.6. The molecule has 0 aliphatic heterocycles. The van der Waals surface area contributed by atoms with Gasteiger partial charge in [-0.3, -0.25) is 4.79 Å². The lowest BCUT2D eigenvalue weighted by Gasteiger charge is -2.12. The van der Waals surface area contributed by atoms with E-state index in [4.69, 9.17) is 0 Å². The molecule has 0 bridgehead atoms. The number of rotatable bonds is 7. The second-order valence-corrected chi connectivity index (χ2v) is 6.53. The lowest BCUT2D eigenvalue weighted by atomic mass is 10.2. The van der Waals surface area contributed by atoms with E-state index in [2.05, 4.69) is 10.0 Å². The Morgan fingerprint density at radius 2 is 1.95 bits per heavy atom. The van der Waals surface area contributed by atoms with Crippen LogP contribution in [0.15, 0.2) is 29.2 Å². The first-order valence-corrected chi connectivity index (χ1v) is 8.19. The molecule has 0 spiro atoms. The molecule has 1 aromatic rings. The molecule has 5 nitrogen and oxygen atoms in total. The lowest BCUT2D eigenvalue weighted by Crippen LogP contribution is -2.35. The Morgan fingerprint density at radius 1 is 1.30 bits per heavy atom. The molecule has 0 saturated heterocycles. The van der Waals surface area contributed by atoms with Crippen molar-refractivity contribution >= 4 is 15.9 Å². The molecular weight excluding hydrogens is 276 g/mol. The van der Waals surface area contributed by atoms with Gasteiger partial charge in [0.25, 0.3) is 0 Å². The van der Waals surface area contributed by atoms with Gasteiger partial charge in [-0.05, 0) is 31.9 Å². The molecule has 1 rings (SSSR count). The normalized spacial score (nSPS) is 12.9. The van der Waals surface area contributed by atoms with E-state index in [1.807, 2.05) is 13.8 Å². The molecule has 0 aliphatic rings. The topological polar surface area (TPSA) is 75.3 Å². The van der Waals surface area contributed by atoms with Crippen LogP contribution in [0.25, 0.3) is 0 Å². The Kier molecular flexibility index (Phi) is 6.16. The number of amides is 1. The number of hydrogen-bond donors (Lipinski definition) is 2. The van der Waals surface area contributed by atoms with Gasteiger partial charge in [0, 0.05) is 19.0 Å². The number of carbonyl (C=O) groups is 1. The summed E-state index contributed by atoms with van der Waals surface area (Å²) in [5.74, 6) is -0.146. The van der Waals surface area contributed by atoms with Crippen molar-refractivity contribution in [1.29, 1.82) is 0 Å². The van der Waals surface area contributed by atoms with Crippen LogP contribution >= 0.6 is 0 Å². The average Bonchev–Trinajstić information content (AvgIpc) is 2.38. The first kappa shape index (κ1) is 16.7. The van der Waals surface area contributed by atoms with Gasteiger partial charge in [-0.1, -0.05) is 25.1 Å². The predicted octanol–water partition coefficient (Wildman–Crippen LogP) is 1.58. The molecule has 1 amide bonds. The molecule has 0 aromatic heterocycles. The van der Waals surface area contributed by atoms with Crippen LogP contribution in [-0.4, -0.2) is 26.9 Å². The summed E-state index contributed by atoms with van der Waals surface area (Å²) in [7, 11) is -3.55. The Bertz CT molecular complexity index is 555. The second-order valence-electron chi connectivity index (χ2n) is 4.79. The summed E-state index contributed by atoms with van der Waals surface area (Å²) >= 11 is 0. The molecule has 2 N–H and O–H groups in total. The second kappa shape index (κ2) is 7.40. The van der Waals surface area contributed by atoms with E-state index in [1.54, 1.807) is 31.2 Å². The fourth-order valence-corrected chi connectivity index (χ4v) is 2.96. The van der Waals surface area contributed by atoms with E-state index in [1.165, 1.54) is 0 Å². The standard InChI is InChI=1S/C14H22N2O3S/c1-4-12(3)16-14(17)9-10-15-20(18,19)13-8-6-5-7-11(13)2/h5-8,12,15H,4,9-10H2,1-3H3,(H,16,17). The van der Waals surface area contributed by atoms with Crippen molar-refractivity contribution in [2.24, 2.45) is 0 Å². The highest BCUT2D eigenvalue weighted by Crippen LogP contribution is 2.13. The molecule has 20 heavy (non-hydrogen) atoms. The fourth-order valence-electron chi connectivity index (χ4n) is 1.68. The van der Waals surface area contributed by atoms with Crippen LogP contribution in [0.5, 0.6) is 0 Å². The SMILES string of the molecule is CCC(C)NC(=O)CCNS(=O)(=O)c1ccccc1C. The van der Waals surface area contributed by atoms with Gasteiger partial charge in [0.05, 0.1) is 4.90 Å². The molecule has 1 unspecified atom stereocenters. The zero-order valence-corrected chi connectivity index (χ0v) is 13.0. The van der Waals surface area contributed by atoms with Crippen molar-refractivity contribution in [2.75, 3.05) is 6.54 Å². The van der Waals surface area contributed by atoms with E-state index in [0.717, 1.165) is 6.42 Å². The third kappa shape index (κ3) is 4.94. The van der Waals surface area contributed by atoms with Gasteiger partial charge in [0.15, 0.2) is 0 Å². The van der Waals surface area contributed by atoms with Gasteiger partial charge in [-0.15, -0.1) is 0 Å². The number of nitrogens with one attached hydrogen (secondary N) is 2. The maximum absolute atomic E-state index is 12.1. The minimum atomic E-state index is -3.55. The minimum Gasteiger partial charge on any atom is -0.354 e. The van der Waals surface area contributed by atoms with Gasteiger partial charge in [0.1, 0.15) is 0 Å². The van der Waals surface area contributed by atoms with Gasteiger partial charge in [-0.2, -0.15) is 0 Å². The fraction of sp³-hybridized carbons (Fsp3) is 0.500. The first-order chi connectivity index (χ1) is 9.36. The summed E-state index contributed by atoms with van der Waals surface area (Å²) in [4.78, 5) is 11.8. The first-order valence-electron chi connectivity index (χ1n) is 6.71. The third-order valence-corrected chi connectivity index (χ3v) is 4.67. The Morgan fingerprint density at radius 3 is 2.55 bits per heavy atom. The summed E-state index contributed by atoms with van der Waals surface area (Å²) in [6.07, 6.45) is 0.982. The predicted molar refractivity (Wildman–Crippen MR) is 78.9 cm³/mol. The Labute approximate surface area is 120 Å². The maximum Gasteiger partial charge on any atom is 0.240 e. The van der Waals surface area contributed by atoms with Gasteiger partial charge in [0.2, 0.25) is 15.9 Å². The van der Waals surface area contributed by atoms with Crippen LogP contribution in [0.1, 0.15) is 32.3 Å². The number of carbonyl (C=O) groups excluding carboxylic acids is 1. The van der Waals surface area contributed by atoms with Crippen LogP contribution in [0, 0.1) is 6.92 Å². The van der Waals surface area contributed by atoms with Gasteiger partial charge in [-0.25, -0.2) is 13.1 Å². The van der Waals surface area contributed by atoms with Crippen molar-refractivity contribution in [1.82, 2.24) is 10.0 Å². The smallest absolute Gasteiger partial charge is 0.240 e. The van der Waals surface area contributed by atoms with E-state index >= 15 is 0 Å². The molecule has 0 radical (unpaired) electrons. The third-order valence-electron chi connectivity index (χ3n) is 3.05. The molecule has 0 aliphatic carbocycles. The number of sulfonamides is 1. The molecule has 0 fully saturated rings. The molecule has 1 atom stereocenters. The van der Waals surface area contributed by atoms with Gasteiger partial charge >= 0.3 is 0 Å². The lowest BCUT2D eigenvalue weighted by molar-refractivity contribution is -0.121. The van der Waals surface area contributed by atoms with Crippen molar-refractivity contribution in [3.05, 3.63) is 29.8 Å². The number of benzene rings is 1. The number of hydrogen-bond acceptors (Lipinski definition) is 3. The van der Waals surface area contributed by atoms with E-state index in [-0.39, 0.29) is 29.8 Å². The van der Waals surface area contributed by atoms with Crippen molar-refractivity contribution in [3.8, 4) is 0 Å². The van der Waals surface area contributed by atoms with Crippen molar-refractivity contribution in [2.45, 2.75) is 44.6 Å². The maximum atomic E-state index is 12.1. The van der Waals surface area contributed by atoms with Crippen LogP contribution < -0.4 is 10.0 Å². The zero-order chi connectivity index (χ0) is 15.2. The van der Waals surface area contributed by atoms with E-state index in [0.29, 0.717) is 5.56 Å². The monoisotopic (exact) mass is 298 g/mol. The summed E-state index contributed by atoms with van der Waals surface area (Å²) in [5.41, 5.74) is 0.684. The largest absolute Gasteiger partial charge is 0.354 e. The van der Waals surface area contributed by atoms with Crippen molar-refractivity contribution < 1.29 is 13.2 Å². The van der Waals surface area contributed by atoms with Crippen molar-refractivity contribution in [3.63, 3.8) is 0 Å². The van der Waals surface area contributed by atoms with Crippen LogP contribution in [0.3, 0.4) is 0 Å². The summed E-state index contributed by atoms with van der Waals surface area (Å²) in [6, 6.07) is 6.86. The molecule has 112 valence electrons. The molecule has 6 heteroatoms. The molecule has 0 saturated carbocycles. The minimum absolute atomic E-state index is 0.0962.